The van der Waals surface area contributed by atoms with Gasteiger partial charge in [0.15, 0.2) is 0 Å². The number of carbonyl (C=O) groups is 2. The smallest absolute Gasteiger partial charge is 0.321 e. The second kappa shape index (κ2) is 8.47. The van der Waals surface area contributed by atoms with Crippen molar-refractivity contribution in [1.82, 2.24) is 15.5 Å². The lowest BCUT2D eigenvalue weighted by molar-refractivity contribution is -0.121. The van der Waals surface area contributed by atoms with E-state index in [0.717, 1.165) is 6.42 Å². The maximum absolute atomic E-state index is 13.8. The van der Waals surface area contributed by atoms with Gasteiger partial charge in [0.2, 0.25) is 5.91 Å². The number of nitrogens with one attached hydrogen (secondary N) is 2. The third kappa shape index (κ3) is 5.21. The van der Waals surface area contributed by atoms with Gasteiger partial charge in [-0.15, -0.1) is 0 Å². The molecule has 1 aromatic rings. The summed E-state index contributed by atoms with van der Waals surface area (Å²) in [4.78, 5) is 27.1. The van der Waals surface area contributed by atoms with Gasteiger partial charge in [-0.25, -0.2) is 9.18 Å². The van der Waals surface area contributed by atoms with Gasteiger partial charge in [0.05, 0.1) is 12.2 Å². The Kier molecular flexibility index (Phi) is 6.34. The molecule has 0 saturated carbocycles. The number of anilines is 1. The fraction of sp³-hybridized carbons (Fsp3) is 0.500. The molecule has 6 nitrogen and oxygen atoms in total. The summed E-state index contributed by atoms with van der Waals surface area (Å²) in [7, 11) is 0. The molecule has 1 saturated heterocycles. The van der Waals surface area contributed by atoms with E-state index in [4.69, 9.17) is 0 Å². The van der Waals surface area contributed by atoms with Crippen LogP contribution in [0.1, 0.15) is 13.3 Å². The summed E-state index contributed by atoms with van der Waals surface area (Å²) in [5.74, 6) is -0.552. The quantitative estimate of drug-likeness (QED) is 0.854. The van der Waals surface area contributed by atoms with Gasteiger partial charge in [-0.05, 0) is 18.6 Å². The van der Waals surface area contributed by atoms with Crippen molar-refractivity contribution < 1.29 is 14.0 Å². The monoisotopic (exact) mass is 322 g/mol. The summed E-state index contributed by atoms with van der Waals surface area (Å²) in [5, 5.41) is 4.91. The predicted octanol–water partition coefficient (Wildman–Crippen LogP) is 1.18. The van der Waals surface area contributed by atoms with Gasteiger partial charge in [-0.2, -0.15) is 0 Å². The Morgan fingerprint density at radius 3 is 2.52 bits per heavy atom. The first-order chi connectivity index (χ1) is 11.1. The van der Waals surface area contributed by atoms with Crippen molar-refractivity contribution in [2.24, 2.45) is 0 Å². The molecule has 1 fully saturated rings. The number of para-hydroxylation sites is 1. The van der Waals surface area contributed by atoms with Gasteiger partial charge in [-0.3, -0.25) is 15.0 Å². The summed E-state index contributed by atoms with van der Waals surface area (Å²) in [6.07, 6.45) is 0.819. The number of imide groups is 1. The zero-order valence-corrected chi connectivity index (χ0v) is 13.3. The van der Waals surface area contributed by atoms with Crippen molar-refractivity contribution in [3.63, 3.8) is 0 Å². The minimum Gasteiger partial charge on any atom is -0.367 e. The van der Waals surface area contributed by atoms with E-state index in [1.54, 1.807) is 12.1 Å². The molecule has 7 heteroatoms. The number of carbonyl (C=O) groups excluding carboxylic acids is 2. The highest BCUT2D eigenvalue weighted by molar-refractivity contribution is 5.95. The second-order valence-electron chi connectivity index (χ2n) is 5.52. The fourth-order valence-electron chi connectivity index (χ4n) is 2.51. The lowest BCUT2D eigenvalue weighted by Gasteiger charge is -2.35. The first-order valence-corrected chi connectivity index (χ1v) is 7.89. The molecule has 0 unspecified atom stereocenters. The third-order valence-electron chi connectivity index (χ3n) is 3.72. The highest BCUT2D eigenvalue weighted by Gasteiger charge is 2.21. The molecule has 0 atom stereocenters. The van der Waals surface area contributed by atoms with E-state index in [0.29, 0.717) is 38.4 Å². The average molecular weight is 322 g/mol. The molecular formula is C16H23FN4O2. The molecule has 0 bridgehead atoms. The normalized spacial score (nSPS) is 15.3. The summed E-state index contributed by atoms with van der Waals surface area (Å²) < 4.78 is 13.8. The Morgan fingerprint density at radius 1 is 1.17 bits per heavy atom. The van der Waals surface area contributed by atoms with Crippen LogP contribution in [0.15, 0.2) is 24.3 Å². The molecule has 23 heavy (non-hydrogen) atoms. The Labute approximate surface area is 135 Å². The molecule has 1 aliphatic heterocycles. The number of hydrogen-bond acceptors (Lipinski definition) is 4. The summed E-state index contributed by atoms with van der Waals surface area (Å²) in [6.45, 7) is 5.26. The Bertz CT molecular complexity index is 545. The number of hydrogen-bond donors (Lipinski definition) is 2. The topological polar surface area (TPSA) is 64.7 Å². The van der Waals surface area contributed by atoms with Gasteiger partial charge in [0.25, 0.3) is 0 Å². The van der Waals surface area contributed by atoms with Gasteiger partial charge < -0.3 is 10.2 Å². The Hall–Kier alpha value is -2.15. The highest BCUT2D eigenvalue weighted by Crippen LogP contribution is 2.19. The summed E-state index contributed by atoms with van der Waals surface area (Å²) >= 11 is 0. The molecule has 0 aliphatic carbocycles. The third-order valence-corrected chi connectivity index (χ3v) is 3.72. The van der Waals surface area contributed by atoms with Crippen molar-refractivity contribution in [2.45, 2.75) is 13.3 Å². The van der Waals surface area contributed by atoms with Crippen LogP contribution in [0.5, 0.6) is 0 Å². The molecular weight excluding hydrogens is 299 g/mol. The zero-order valence-electron chi connectivity index (χ0n) is 13.3. The number of rotatable bonds is 5. The standard InChI is InChI=1S/C16H23FN4O2/c1-2-7-18-16(23)19-15(22)12-20-8-10-21(11-9-20)14-6-4-3-5-13(14)17/h3-6H,2,7-12H2,1H3,(H2,18,19,22,23). The molecule has 1 heterocycles. The van der Waals surface area contributed by atoms with Gasteiger partial charge >= 0.3 is 6.03 Å². The maximum atomic E-state index is 13.8. The van der Waals surface area contributed by atoms with E-state index >= 15 is 0 Å². The van der Waals surface area contributed by atoms with E-state index in [1.165, 1.54) is 6.07 Å². The number of piperazine rings is 1. The van der Waals surface area contributed by atoms with Crippen LogP contribution in [0, 0.1) is 5.82 Å². The minimum absolute atomic E-state index is 0.171. The van der Waals surface area contributed by atoms with E-state index in [-0.39, 0.29) is 18.3 Å². The van der Waals surface area contributed by atoms with Crippen LogP contribution < -0.4 is 15.5 Å². The molecule has 126 valence electrons. The SMILES string of the molecule is CCCNC(=O)NC(=O)CN1CCN(c2ccccc2F)CC1. The van der Waals surface area contributed by atoms with E-state index in [9.17, 15) is 14.0 Å². The van der Waals surface area contributed by atoms with Crippen LogP contribution in [0.25, 0.3) is 0 Å². The highest BCUT2D eigenvalue weighted by atomic mass is 19.1. The van der Waals surface area contributed by atoms with Crippen LogP contribution in [0.2, 0.25) is 0 Å². The second-order valence-corrected chi connectivity index (χ2v) is 5.52. The summed E-state index contributed by atoms with van der Waals surface area (Å²) in [5.41, 5.74) is 0.593. The average Bonchev–Trinajstić information content (AvgIpc) is 2.54. The van der Waals surface area contributed by atoms with Crippen LogP contribution in [-0.4, -0.2) is 56.1 Å². The summed E-state index contributed by atoms with van der Waals surface area (Å²) in [6, 6.07) is 6.23. The zero-order chi connectivity index (χ0) is 16.7. The Morgan fingerprint density at radius 2 is 1.87 bits per heavy atom. The number of halogens is 1. The molecule has 0 radical (unpaired) electrons. The van der Waals surface area contributed by atoms with Crippen molar-refractivity contribution in [3.8, 4) is 0 Å². The fourth-order valence-corrected chi connectivity index (χ4v) is 2.51. The number of urea groups is 1. The van der Waals surface area contributed by atoms with Crippen molar-refractivity contribution in [3.05, 3.63) is 30.1 Å². The van der Waals surface area contributed by atoms with Gasteiger partial charge in [0, 0.05) is 32.7 Å². The molecule has 0 spiro atoms. The molecule has 2 rings (SSSR count). The van der Waals surface area contributed by atoms with Crippen LogP contribution in [0.4, 0.5) is 14.9 Å². The van der Waals surface area contributed by atoms with Crippen LogP contribution in [-0.2, 0) is 4.79 Å². The van der Waals surface area contributed by atoms with Crippen molar-refractivity contribution in [1.29, 1.82) is 0 Å². The largest absolute Gasteiger partial charge is 0.367 e. The maximum Gasteiger partial charge on any atom is 0.321 e. The van der Waals surface area contributed by atoms with Gasteiger partial charge in [0.1, 0.15) is 5.82 Å². The molecule has 0 aromatic heterocycles. The van der Waals surface area contributed by atoms with Gasteiger partial charge in [-0.1, -0.05) is 19.1 Å². The van der Waals surface area contributed by atoms with E-state index in [1.807, 2.05) is 22.8 Å². The first kappa shape index (κ1) is 17.2. The van der Waals surface area contributed by atoms with E-state index < -0.39 is 6.03 Å². The first-order valence-electron chi connectivity index (χ1n) is 7.89. The molecule has 3 amide bonds. The number of benzene rings is 1. The van der Waals surface area contributed by atoms with Crippen LogP contribution in [0.3, 0.4) is 0 Å². The lowest BCUT2D eigenvalue weighted by Crippen LogP contribution is -2.51. The Balaban J connectivity index is 1.75. The lowest BCUT2D eigenvalue weighted by atomic mass is 10.2. The number of amides is 3. The van der Waals surface area contributed by atoms with E-state index in [2.05, 4.69) is 10.6 Å². The molecule has 1 aromatic carbocycles. The van der Waals surface area contributed by atoms with Crippen molar-refractivity contribution in [2.75, 3.05) is 44.2 Å². The minimum atomic E-state index is -0.457. The van der Waals surface area contributed by atoms with Crippen molar-refractivity contribution >= 4 is 17.6 Å². The van der Waals surface area contributed by atoms with Crippen LogP contribution >= 0.6 is 0 Å². The predicted molar refractivity (Wildman–Crippen MR) is 86.9 cm³/mol. The number of nitrogens with zero attached hydrogens (tertiary/aromatic N) is 2. The molecule has 1 aliphatic rings. The molecule has 2 N–H and O–H groups in total.